The minimum Gasteiger partial charge on any atom is -0.382 e. The van der Waals surface area contributed by atoms with Crippen molar-refractivity contribution in [3.63, 3.8) is 0 Å². The van der Waals surface area contributed by atoms with Crippen molar-refractivity contribution >= 4 is 40.7 Å². The molecule has 1 fully saturated rings. The molecule has 1 amide bonds. The number of piperazine rings is 1. The van der Waals surface area contributed by atoms with Gasteiger partial charge in [0.15, 0.2) is 0 Å². The Balaban J connectivity index is 2.29. The first-order valence-electron chi connectivity index (χ1n) is 5.09. The molecule has 0 atom stereocenters. The van der Waals surface area contributed by atoms with Crippen LogP contribution in [0.1, 0.15) is 0 Å². The molecule has 0 aliphatic carbocycles. The van der Waals surface area contributed by atoms with Gasteiger partial charge in [-0.2, -0.15) is 0 Å². The third-order valence-electron chi connectivity index (χ3n) is 2.69. The summed E-state index contributed by atoms with van der Waals surface area (Å²) in [6, 6.07) is 1.55. The van der Waals surface area contributed by atoms with Crippen LogP contribution >= 0.6 is 23.2 Å². The molecule has 0 bridgehead atoms. The lowest BCUT2D eigenvalue weighted by molar-refractivity contribution is -0.129. The number of carbonyl (C=O) groups is 1. The molecule has 2 heterocycles. The van der Waals surface area contributed by atoms with Crippen molar-refractivity contribution in [2.24, 2.45) is 0 Å². The number of rotatable bonds is 1. The van der Waals surface area contributed by atoms with Crippen LogP contribution < -0.4 is 10.6 Å². The third-order valence-corrected chi connectivity index (χ3v) is 3.28. The summed E-state index contributed by atoms with van der Waals surface area (Å²) in [5.41, 5.74) is 5.63. The summed E-state index contributed by atoms with van der Waals surface area (Å²) in [4.78, 5) is 19.2. The van der Waals surface area contributed by atoms with E-state index in [4.69, 9.17) is 28.9 Å². The third kappa shape index (κ3) is 2.40. The monoisotopic (exact) mass is 274 g/mol. The van der Waals surface area contributed by atoms with Gasteiger partial charge in [0.25, 0.3) is 0 Å². The zero-order chi connectivity index (χ0) is 12.6. The number of nitrogens with zero attached hydrogens (tertiary/aromatic N) is 3. The lowest BCUT2D eigenvalue weighted by atomic mass is 10.3. The number of nitrogen functional groups attached to an aromatic ring is 1. The van der Waals surface area contributed by atoms with Gasteiger partial charge in [-0.15, -0.1) is 0 Å². The number of nitrogens with two attached hydrogens (primary N) is 1. The molecule has 17 heavy (non-hydrogen) atoms. The van der Waals surface area contributed by atoms with Gasteiger partial charge in [0.1, 0.15) is 11.6 Å². The summed E-state index contributed by atoms with van der Waals surface area (Å²) < 4.78 is 0. The number of halogens is 2. The fourth-order valence-corrected chi connectivity index (χ4v) is 2.11. The number of aromatic nitrogens is 1. The second-order valence-electron chi connectivity index (χ2n) is 3.90. The average Bonchev–Trinajstić information content (AvgIpc) is 2.27. The minimum atomic E-state index is 0.0302. The first kappa shape index (κ1) is 12.3. The molecule has 0 saturated carbocycles. The summed E-state index contributed by atoms with van der Waals surface area (Å²) in [5.74, 6) is 0.759. The maximum absolute atomic E-state index is 11.6. The van der Waals surface area contributed by atoms with Crippen LogP contribution in [0.15, 0.2) is 6.07 Å². The van der Waals surface area contributed by atoms with Gasteiger partial charge in [-0.05, 0) is 6.07 Å². The largest absolute Gasteiger partial charge is 0.382 e. The Labute approximate surface area is 109 Å². The van der Waals surface area contributed by atoms with E-state index >= 15 is 0 Å². The molecule has 0 unspecified atom stereocenters. The van der Waals surface area contributed by atoms with Gasteiger partial charge in [-0.3, -0.25) is 4.79 Å². The highest BCUT2D eigenvalue weighted by Gasteiger charge is 2.24. The first-order chi connectivity index (χ1) is 7.99. The fraction of sp³-hybridized carbons (Fsp3) is 0.400. The molecule has 92 valence electrons. The second kappa shape index (κ2) is 4.58. The van der Waals surface area contributed by atoms with Gasteiger partial charge in [-0.1, -0.05) is 23.2 Å². The topological polar surface area (TPSA) is 62.5 Å². The van der Waals surface area contributed by atoms with E-state index in [9.17, 15) is 4.79 Å². The molecule has 1 aliphatic rings. The quantitative estimate of drug-likeness (QED) is 0.837. The molecule has 2 N–H and O–H groups in total. The lowest BCUT2D eigenvalue weighted by Gasteiger charge is -2.33. The van der Waals surface area contributed by atoms with Crippen LogP contribution in [0.2, 0.25) is 10.0 Å². The number of likely N-dealkylation sites (N-methyl/N-ethyl adjacent to an activating group) is 1. The fourth-order valence-electron chi connectivity index (χ4n) is 1.63. The number of anilines is 2. The zero-order valence-electron chi connectivity index (χ0n) is 9.28. The molecule has 0 aromatic carbocycles. The summed E-state index contributed by atoms with van der Waals surface area (Å²) in [5, 5.41) is 0.723. The Morgan fingerprint density at radius 2 is 2.06 bits per heavy atom. The van der Waals surface area contributed by atoms with Crippen LogP contribution in [0.5, 0.6) is 0 Å². The van der Waals surface area contributed by atoms with Crippen LogP contribution in [0.4, 0.5) is 11.6 Å². The molecule has 2 rings (SSSR count). The maximum Gasteiger partial charge on any atom is 0.241 e. The molecule has 1 aromatic heterocycles. The van der Waals surface area contributed by atoms with E-state index in [1.807, 2.05) is 0 Å². The van der Waals surface area contributed by atoms with Crippen LogP contribution in [-0.2, 0) is 4.79 Å². The summed E-state index contributed by atoms with van der Waals surface area (Å²) in [7, 11) is 1.77. The average molecular weight is 275 g/mol. The van der Waals surface area contributed by atoms with E-state index < -0.39 is 0 Å². The first-order valence-corrected chi connectivity index (χ1v) is 5.85. The van der Waals surface area contributed by atoms with Crippen LogP contribution in [0, 0.1) is 0 Å². The Hall–Kier alpha value is -1.20. The van der Waals surface area contributed by atoms with Gasteiger partial charge in [0, 0.05) is 20.1 Å². The van der Waals surface area contributed by atoms with E-state index in [0.717, 1.165) is 0 Å². The Morgan fingerprint density at radius 1 is 1.35 bits per heavy atom. The molecular formula is C10H12Cl2N4O. The molecular weight excluding hydrogens is 263 g/mol. The van der Waals surface area contributed by atoms with Crippen molar-refractivity contribution in [1.29, 1.82) is 0 Å². The predicted octanol–water partition coefficient (Wildman–Crippen LogP) is 1.25. The minimum absolute atomic E-state index is 0.0302. The van der Waals surface area contributed by atoms with Crippen molar-refractivity contribution in [3.8, 4) is 0 Å². The molecule has 0 spiro atoms. The van der Waals surface area contributed by atoms with Crippen molar-refractivity contribution in [1.82, 2.24) is 9.88 Å². The smallest absolute Gasteiger partial charge is 0.241 e. The molecule has 1 aromatic rings. The Morgan fingerprint density at radius 3 is 2.71 bits per heavy atom. The highest BCUT2D eigenvalue weighted by atomic mass is 35.5. The van der Waals surface area contributed by atoms with E-state index in [2.05, 4.69) is 4.98 Å². The normalized spacial score (nSPS) is 16.5. The molecule has 7 heteroatoms. The van der Waals surface area contributed by atoms with Gasteiger partial charge in [0.05, 0.1) is 16.6 Å². The summed E-state index contributed by atoms with van der Waals surface area (Å²) in [6.45, 7) is 1.57. The zero-order valence-corrected chi connectivity index (χ0v) is 10.8. The number of amides is 1. The van der Waals surface area contributed by atoms with Crippen molar-refractivity contribution in [2.75, 3.05) is 37.3 Å². The van der Waals surface area contributed by atoms with Crippen LogP contribution in [0.3, 0.4) is 0 Å². The molecule has 0 radical (unpaired) electrons. The van der Waals surface area contributed by atoms with E-state index in [0.29, 0.717) is 29.0 Å². The van der Waals surface area contributed by atoms with Gasteiger partial charge in [0.2, 0.25) is 5.91 Å². The number of hydrogen-bond acceptors (Lipinski definition) is 4. The summed E-state index contributed by atoms with van der Waals surface area (Å²) >= 11 is 11.9. The van der Waals surface area contributed by atoms with Crippen LogP contribution in [-0.4, -0.2) is 42.5 Å². The lowest BCUT2D eigenvalue weighted by Crippen LogP contribution is -2.49. The maximum atomic E-state index is 11.6. The van der Waals surface area contributed by atoms with Crippen molar-refractivity contribution < 1.29 is 4.79 Å². The van der Waals surface area contributed by atoms with E-state index in [1.54, 1.807) is 22.9 Å². The van der Waals surface area contributed by atoms with Gasteiger partial charge in [-0.25, -0.2) is 4.98 Å². The standard InChI is InChI=1S/C10H12Cl2N4O/c1-15-2-3-16(5-8(15)17)10-7(12)4-6(11)9(13)14-10/h4H,2-3,5H2,1H3,(H2,13,14). The van der Waals surface area contributed by atoms with Crippen molar-refractivity contribution in [3.05, 3.63) is 16.1 Å². The molecule has 1 aliphatic heterocycles. The highest BCUT2D eigenvalue weighted by molar-refractivity contribution is 6.37. The molecule has 5 nitrogen and oxygen atoms in total. The predicted molar refractivity (Wildman–Crippen MR) is 68.5 cm³/mol. The second-order valence-corrected chi connectivity index (χ2v) is 4.71. The van der Waals surface area contributed by atoms with E-state index in [-0.39, 0.29) is 18.3 Å². The molecule has 1 saturated heterocycles. The number of carbonyl (C=O) groups excluding carboxylic acids is 1. The summed E-state index contributed by atoms with van der Waals surface area (Å²) in [6.07, 6.45) is 0. The van der Waals surface area contributed by atoms with E-state index in [1.165, 1.54) is 0 Å². The Bertz CT molecular complexity index is 466. The SMILES string of the molecule is CN1CCN(c2nc(N)c(Cl)cc2Cl)CC1=O. The number of hydrogen-bond donors (Lipinski definition) is 1. The highest BCUT2D eigenvalue weighted by Crippen LogP contribution is 2.30. The van der Waals surface area contributed by atoms with Gasteiger partial charge >= 0.3 is 0 Å². The van der Waals surface area contributed by atoms with Gasteiger partial charge < -0.3 is 15.5 Å². The Kier molecular flexibility index (Phi) is 3.31. The number of pyridine rings is 1. The van der Waals surface area contributed by atoms with Crippen LogP contribution in [0.25, 0.3) is 0 Å². The van der Waals surface area contributed by atoms with Crippen molar-refractivity contribution in [2.45, 2.75) is 0 Å².